The highest BCUT2D eigenvalue weighted by molar-refractivity contribution is 6.32. The molecule has 1 saturated heterocycles. The minimum absolute atomic E-state index is 0.0518. The Balaban J connectivity index is 1.64. The first kappa shape index (κ1) is 20.1. The first-order chi connectivity index (χ1) is 13.6. The summed E-state index contributed by atoms with van der Waals surface area (Å²) in [6.45, 7) is 4.86. The third-order valence-corrected chi connectivity index (χ3v) is 5.26. The summed E-state index contributed by atoms with van der Waals surface area (Å²) in [5.41, 5.74) is 0.570. The number of piperidine rings is 1. The van der Waals surface area contributed by atoms with Gasteiger partial charge >= 0.3 is 0 Å². The molecule has 1 amide bonds. The SMILES string of the molecule is C=CC(=O)N1CCCC(Nc2nc(N/C(C=N)=C/NC3CCC3)ncc2Cl)C1. The second kappa shape index (κ2) is 9.54. The fraction of sp³-hybridized carbons (Fsp3) is 0.474. The van der Waals surface area contributed by atoms with E-state index in [0.29, 0.717) is 35.1 Å². The predicted molar refractivity (Wildman–Crippen MR) is 112 cm³/mol. The highest BCUT2D eigenvalue weighted by atomic mass is 35.5. The number of anilines is 2. The average Bonchev–Trinajstić information content (AvgIpc) is 2.68. The van der Waals surface area contributed by atoms with E-state index >= 15 is 0 Å². The van der Waals surface area contributed by atoms with Gasteiger partial charge < -0.3 is 26.3 Å². The van der Waals surface area contributed by atoms with E-state index in [1.165, 1.54) is 24.9 Å². The van der Waals surface area contributed by atoms with E-state index in [1.54, 1.807) is 11.1 Å². The molecule has 1 aliphatic heterocycles. The van der Waals surface area contributed by atoms with Gasteiger partial charge in [-0.25, -0.2) is 4.98 Å². The van der Waals surface area contributed by atoms with Crippen molar-refractivity contribution in [1.29, 1.82) is 5.41 Å². The molecule has 1 saturated carbocycles. The third-order valence-electron chi connectivity index (χ3n) is 4.98. The molecule has 8 nitrogen and oxygen atoms in total. The number of likely N-dealkylation sites (tertiary alicyclic amines) is 1. The van der Waals surface area contributed by atoms with Gasteiger partial charge in [0.05, 0.1) is 11.9 Å². The number of amides is 1. The van der Waals surface area contributed by atoms with Crippen molar-refractivity contribution in [2.75, 3.05) is 23.7 Å². The van der Waals surface area contributed by atoms with Crippen molar-refractivity contribution in [1.82, 2.24) is 20.2 Å². The van der Waals surface area contributed by atoms with Gasteiger partial charge in [-0.05, 0) is 38.2 Å². The fourth-order valence-corrected chi connectivity index (χ4v) is 3.32. The molecule has 2 aliphatic rings. The summed E-state index contributed by atoms with van der Waals surface area (Å²) in [5.74, 6) is 0.794. The Hall–Kier alpha value is -2.61. The Bertz CT molecular complexity index is 763. The summed E-state index contributed by atoms with van der Waals surface area (Å²) in [6.07, 6.45) is 11.2. The molecule has 0 bridgehead atoms. The molecule has 2 heterocycles. The van der Waals surface area contributed by atoms with Crippen LogP contribution in [0.15, 0.2) is 30.7 Å². The van der Waals surface area contributed by atoms with Gasteiger partial charge in [0.1, 0.15) is 5.02 Å². The van der Waals surface area contributed by atoms with E-state index in [1.807, 2.05) is 0 Å². The van der Waals surface area contributed by atoms with Crippen LogP contribution in [-0.4, -0.2) is 52.2 Å². The van der Waals surface area contributed by atoms with Gasteiger partial charge in [0, 0.05) is 37.6 Å². The monoisotopic (exact) mass is 403 g/mol. The molecule has 2 fully saturated rings. The van der Waals surface area contributed by atoms with Gasteiger partial charge in [-0.1, -0.05) is 18.2 Å². The van der Waals surface area contributed by atoms with Crippen LogP contribution in [0.3, 0.4) is 0 Å². The van der Waals surface area contributed by atoms with Crippen LogP contribution >= 0.6 is 11.6 Å². The van der Waals surface area contributed by atoms with Gasteiger partial charge in [0.25, 0.3) is 0 Å². The Morgan fingerprint density at radius 3 is 2.79 bits per heavy atom. The first-order valence-electron chi connectivity index (χ1n) is 9.53. The largest absolute Gasteiger partial charge is 0.386 e. The number of nitrogens with one attached hydrogen (secondary N) is 4. The number of carbonyl (C=O) groups excluding carboxylic acids is 1. The van der Waals surface area contributed by atoms with Gasteiger partial charge in [-0.2, -0.15) is 4.98 Å². The molecule has 3 rings (SSSR count). The number of carbonyl (C=O) groups is 1. The van der Waals surface area contributed by atoms with Crippen LogP contribution in [-0.2, 0) is 4.79 Å². The second-order valence-corrected chi connectivity index (χ2v) is 7.43. The van der Waals surface area contributed by atoms with Gasteiger partial charge in [0.15, 0.2) is 5.82 Å². The average molecular weight is 404 g/mol. The number of halogens is 1. The van der Waals surface area contributed by atoms with Crippen LogP contribution in [0.2, 0.25) is 5.02 Å². The molecule has 1 aliphatic carbocycles. The van der Waals surface area contributed by atoms with Crippen LogP contribution in [0, 0.1) is 5.41 Å². The smallest absolute Gasteiger partial charge is 0.246 e. The molecule has 1 aromatic rings. The van der Waals surface area contributed by atoms with Crippen molar-refractivity contribution in [2.45, 2.75) is 44.2 Å². The standard InChI is InChI=1S/C19H26ClN7O/c1-2-17(28)27-8-4-7-14(12-27)24-18-16(20)11-23-19(26-18)25-15(9-21)10-22-13-5-3-6-13/h2,9-11,13-14,21-22H,1,3-8,12H2,(H2,23,24,25,26)/b15-10+,21-9?. The van der Waals surface area contributed by atoms with Crippen LogP contribution in [0.4, 0.5) is 11.8 Å². The summed E-state index contributed by atoms with van der Waals surface area (Å²) in [5, 5.41) is 17.6. The number of allylic oxidation sites excluding steroid dienone is 1. The van der Waals surface area contributed by atoms with E-state index in [0.717, 1.165) is 32.2 Å². The summed E-state index contributed by atoms with van der Waals surface area (Å²) >= 11 is 6.26. The molecule has 1 aromatic heterocycles. The molecule has 150 valence electrons. The fourth-order valence-electron chi connectivity index (χ4n) is 3.17. The van der Waals surface area contributed by atoms with Crippen LogP contribution in [0.5, 0.6) is 0 Å². The molecular weight excluding hydrogens is 378 g/mol. The van der Waals surface area contributed by atoms with Crippen molar-refractivity contribution in [2.24, 2.45) is 0 Å². The second-order valence-electron chi connectivity index (χ2n) is 7.03. The molecule has 28 heavy (non-hydrogen) atoms. The van der Waals surface area contributed by atoms with E-state index < -0.39 is 0 Å². The molecule has 0 aromatic carbocycles. The molecule has 1 unspecified atom stereocenters. The minimum atomic E-state index is -0.0673. The zero-order valence-electron chi connectivity index (χ0n) is 15.7. The van der Waals surface area contributed by atoms with Crippen LogP contribution in [0.25, 0.3) is 0 Å². The maximum Gasteiger partial charge on any atom is 0.246 e. The van der Waals surface area contributed by atoms with Gasteiger partial charge in [0.2, 0.25) is 11.9 Å². The lowest BCUT2D eigenvalue weighted by Crippen LogP contribution is -2.44. The number of hydrogen-bond acceptors (Lipinski definition) is 7. The predicted octanol–water partition coefficient (Wildman–Crippen LogP) is 2.76. The molecule has 9 heteroatoms. The maximum absolute atomic E-state index is 11.9. The van der Waals surface area contributed by atoms with Crippen molar-refractivity contribution in [3.8, 4) is 0 Å². The maximum atomic E-state index is 11.9. The van der Waals surface area contributed by atoms with Crippen LogP contribution in [0.1, 0.15) is 32.1 Å². The van der Waals surface area contributed by atoms with Gasteiger partial charge in [-0.3, -0.25) is 4.79 Å². The normalized spacial score (nSPS) is 20.1. The first-order valence-corrected chi connectivity index (χ1v) is 9.91. The van der Waals surface area contributed by atoms with Gasteiger partial charge in [-0.15, -0.1) is 0 Å². The Morgan fingerprint density at radius 1 is 1.32 bits per heavy atom. The lowest BCUT2D eigenvalue weighted by molar-refractivity contribution is -0.127. The number of aromatic nitrogens is 2. The Labute approximate surface area is 170 Å². The summed E-state index contributed by atoms with van der Waals surface area (Å²) in [6, 6.07) is 0.531. The molecule has 0 radical (unpaired) electrons. The number of nitrogens with zero attached hydrogens (tertiary/aromatic N) is 3. The van der Waals surface area contributed by atoms with E-state index in [9.17, 15) is 4.79 Å². The van der Waals surface area contributed by atoms with Crippen LogP contribution < -0.4 is 16.0 Å². The third kappa shape index (κ3) is 5.22. The number of hydrogen-bond donors (Lipinski definition) is 4. The van der Waals surface area contributed by atoms with Crippen molar-refractivity contribution in [3.05, 3.63) is 35.8 Å². The van der Waals surface area contributed by atoms with E-state index in [4.69, 9.17) is 17.0 Å². The highest BCUT2D eigenvalue weighted by Crippen LogP contribution is 2.23. The van der Waals surface area contributed by atoms with E-state index in [-0.39, 0.29) is 11.9 Å². The summed E-state index contributed by atoms with van der Waals surface area (Å²) in [4.78, 5) is 22.3. The molecule has 0 spiro atoms. The highest BCUT2D eigenvalue weighted by Gasteiger charge is 2.23. The molecule has 1 atom stereocenters. The van der Waals surface area contributed by atoms with Crippen molar-refractivity contribution >= 4 is 35.5 Å². The minimum Gasteiger partial charge on any atom is -0.386 e. The Kier molecular flexibility index (Phi) is 6.86. The Morgan fingerprint density at radius 2 is 2.11 bits per heavy atom. The van der Waals surface area contributed by atoms with Crippen molar-refractivity contribution in [3.63, 3.8) is 0 Å². The molecule has 4 N–H and O–H groups in total. The quantitative estimate of drug-likeness (QED) is 0.393. The zero-order valence-corrected chi connectivity index (χ0v) is 16.5. The molecular formula is C19H26ClN7O. The topological polar surface area (TPSA) is 106 Å². The zero-order chi connectivity index (χ0) is 19.9. The van der Waals surface area contributed by atoms with E-state index in [2.05, 4.69) is 32.5 Å². The summed E-state index contributed by atoms with van der Waals surface area (Å²) in [7, 11) is 0. The lowest BCUT2D eigenvalue weighted by Gasteiger charge is -2.33. The lowest BCUT2D eigenvalue weighted by atomic mass is 9.93. The number of rotatable bonds is 8. The summed E-state index contributed by atoms with van der Waals surface area (Å²) < 4.78 is 0. The van der Waals surface area contributed by atoms with Crippen molar-refractivity contribution < 1.29 is 4.79 Å².